The molecule has 0 saturated carbocycles. The van der Waals surface area contributed by atoms with E-state index in [1.807, 2.05) is 0 Å². The van der Waals surface area contributed by atoms with Gasteiger partial charge in [-0.2, -0.15) is 0 Å². The van der Waals surface area contributed by atoms with Crippen molar-refractivity contribution < 1.29 is 8.42 Å². The highest BCUT2D eigenvalue weighted by Gasteiger charge is 2.26. The molecule has 0 amide bonds. The monoisotopic (exact) mass is 241 g/mol. The Hall–Kier alpha value is -1.01. The summed E-state index contributed by atoms with van der Waals surface area (Å²) in [4.78, 5) is 8.28. The Balaban J connectivity index is 2.23. The highest BCUT2D eigenvalue weighted by atomic mass is 32.2. The average molecular weight is 241 g/mol. The average Bonchev–Trinajstić information content (AvgIpc) is 2.28. The SMILES string of the molecule is NCc1nccc(C2CCCS(=O)(=O)C2)n1. The zero-order chi connectivity index (χ0) is 11.6. The number of hydrogen-bond acceptors (Lipinski definition) is 5. The van der Waals surface area contributed by atoms with Gasteiger partial charge in [-0.15, -0.1) is 0 Å². The molecule has 0 radical (unpaired) electrons. The molecule has 1 fully saturated rings. The number of sulfone groups is 1. The van der Waals surface area contributed by atoms with Crippen LogP contribution in [0.25, 0.3) is 0 Å². The van der Waals surface area contributed by atoms with Gasteiger partial charge in [-0.25, -0.2) is 18.4 Å². The minimum absolute atomic E-state index is 0.00653. The van der Waals surface area contributed by atoms with Crippen LogP contribution in [0.2, 0.25) is 0 Å². The maximum Gasteiger partial charge on any atom is 0.150 e. The lowest BCUT2D eigenvalue weighted by Crippen LogP contribution is -2.24. The van der Waals surface area contributed by atoms with E-state index in [9.17, 15) is 8.42 Å². The number of aromatic nitrogens is 2. The fourth-order valence-electron chi connectivity index (χ4n) is 2.00. The van der Waals surface area contributed by atoms with Gasteiger partial charge in [-0.3, -0.25) is 0 Å². The third-order valence-electron chi connectivity index (χ3n) is 2.79. The molecule has 16 heavy (non-hydrogen) atoms. The van der Waals surface area contributed by atoms with Crippen molar-refractivity contribution >= 4 is 9.84 Å². The second-order valence-electron chi connectivity index (χ2n) is 4.06. The molecule has 1 unspecified atom stereocenters. The summed E-state index contributed by atoms with van der Waals surface area (Å²) in [5.74, 6) is 1.08. The predicted molar refractivity (Wildman–Crippen MR) is 60.6 cm³/mol. The molecule has 1 saturated heterocycles. The topological polar surface area (TPSA) is 85.9 Å². The molecule has 1 aromatic rings. The summed E-state index contributed by atoms with van der Waals surface area (Å²) in [6, 6.07) is 1.78. The van der Waals surface area contributed by atoms with Crippen molar-refractivity contribution in [3.8, 4) is 0 Å². The van der Waals surface area contributed by atoms with E-state index in [1.54, 1.807) is 12.3 Å². The van der Waals surface area contributed by atoms with Crippen molar-refractivity contribution in [3.63, 3.8) is 0 Å². The summed E-state index contributed by atoms with van der Waals surface area (Å²) in [6.45, 7) is 0.285. The number of nitrogens with zero attached hydrogens (tertiary/aromatic N) is 2. The summed E-state index contributed by atoms with van der Waals surface area (Å²) in [6.07, 6.45) is 3.24. The van der Waals surface area contributed by atoms with Crippen LogP contribution in [0.3, 0.4) is 0 Å². The Kier molecular flexibility index (Phi) is 3.20. The van der Waals surface area contributed by atoms with E-state index in [0.717, 1.165) is 18.5 Å². The first kappa shape index (κ1) is 11.5. The molecule has 0 spiro atoms. The fourth-order valence-corrected chi connectivity index (χ4v) is 3.72. The van der Waals surface area contributed by atoms with Crippen molar-refractivity contribution in [2.45, 2.75) is 25.3 Å². The molecule has 5 nitrogen and oxygen atoms in total. The Morgan fingerprint density at radius 2 is 2.31 bits per heavy atom. The molecule has 1 aliphatic heterocycles. The van der Waals surface area contributed by atoms with Crippen LogP contribution in [0, 0.1) is 0 Å². The fraction of sp³-hybridized carbons (Fsp3) is 0.600. The van der Waals surface area contributed by atoms with Crippen LogP contribution < -0.4 is 5.73 Å². The lowest BCUT2D eigenvalue weighted by molar-refractivity contribution is 0.548. The number of nitrogens with two attached hydrogens (primary N) is 1. The minimum atomic E-state index is -2.89. The van der Waals surface area contributed by atoms with E-state index >= 15 is 0 Å². The molecule has 2 rings (SSSR count). The second-order valence-corrected chi connectivity index (χ2v) is 6.28. The molecule has 0 aliphatic carbocycles. The van der Waals surface area contributed by atoms with E-state index in [1.165, 1.54) is 0 Å². The van der Waals surface area contributed by atoms with Gasteiger partial charge >= 0.3 is 0 Å². The van der Waals surface area contributed by atoms with E-state index in [-0.39, 0.29) is 18.2 Å². The Morgan fingerprint density at radius 1 is 1.50 bits per heavy atom. The Labute approximate surface area is 95.0 Å². The first-order valence-corrected chi connectivity index (χ1v) is 7.15. The van der Waals surface area contributed by atoms with Gasteiger partial charge in [0.2, 0.25) is 0 Å². The lowest BCUT2D eigenvalue weighted by atomic mass is 10.0. The summed E-state index contributed by atoms with van der Waals surface area (Å²) in [5.41, 5.74) is 6.26. The van der Waals surface area contributed by atoms with Crippen LogP contribution in [0.4, 0.5) is 0 Å². The van der Waals surface area contributed by atoms with Crippen molar-refractivity contribution in [2.24, 2.45) is 5.73 Å². The molecule has 0 aromatic carbocycles. The quantitative estimate of drug-likeness (QED) is 0.801. The van der Waals surface area contributed by atoms with Crippen LogP contribution in [-0.2, 0) is 16.4 Å². The van der Waals surface area contributed by atoms with Crippen LogP contribution in [-0.4, -0.2) is 29.9 Å². The summed E-state index contributed by atoms with van der Waals surface area (Å²) < 4.78 is 23.0. The van der Waals surface area contributed by atoms with Gasteiger partial charge in [0.15, 0.2) is 9.84 Å². The van der Waals surface area contributed by atoms with Crippen molar-refractivity contribution in [2.75, 3.05) is 11.5 Å². The van der Waals surface area contributed by atoms with Crippen LogP contribution in [0.15, 0.2) is 12.3 Å². The zero-order valence-corrected chi connectivity index (χ0v) is 9.78. The second kappa shape index (κ2) is 4.47. The molecular weight excluding hydrogens is 226 g/mol. The largest absolute Gasteiger partial charge is 0.324 e. The normalized spacial score (nSPS) is 24.2. The molecular formula is C10H15N3O2S. The molecule has 1 aliphatic rings. The summed E-state index contributed by atoms with van der Waals surface area (Å²) in [5, 5.41) is 0. The molecule has 0 bridgehead atoms. The standard InChI is InChI=1S/C10H15N3O2S/c11-6-10-12-4-3-9(13-10)8-2-1-5-16(14,15)7-8/h3-4,8H,1-2,5-7,11H2. The first-order valence-electron chi connectivity index (χ1n) is 5.33. The van der Waals surface area contributed by atoms with E-state index in [2.05, 4.69) is 9.97 Å². The Bertz CT molecular complexity index is 473. The molecule has 2 heterocycles. The first-order chi connectivity index (χ1) is 7.61. The highest BCUT2D eigenvalue weighted by Crippen LogP contribution is 2.26. The third-order valence-corrected chi connectivity index (χ3v) is 4.61. The molecule has 6 heteroatoms. The van der Waals surface area contributed by atoms with Gasteiger partial charge in [-0.05, 0) is 18.9 Å². The third kappa shape index (κ3) is 2.56. The van der Waals surface area contributed by atoms with Crippen LogP contribution in [0.5, 0.6) is 0 Å². The van der Waals surface area contributed by atoms with Crippen LogP contribution >= 0.6 is 0 Å². The smallest absolute Gasteiger partial charge is 0.150 e. The molecule has 88 valence electrons. The maximum absolute atomic E-state index is 11.5. The minimum Gasteiger partial charge on any atom is -0.324 e. The van der Waals surface area contributed by atoms with Crippen molar-refractivity contribution in [3.05, 3.63) is 23.8 Å². The van der Waals surface area contributed by atoms with Gasteiger partial charge in [0.05, 0.1) is 18.1 Å². The van der Waals surface area contributed by atoms with E-state index in [0.29, 0.717) is 11.6 Å². The van der Waals surface area contributed by atoms with Gasteiger partial charge in [-0.1, -0.05) is 0 Å². The van der Waals surface area contributed by atoms with E-state index in [4.69, 9.17) is 5.73 Å². The summed E-state index contributed by atoms with van der Waals surface area (Å²) in [7, 11) is -2.89. The number of rotatable bonds is 2. The van der Waals surface area contributed by atoms with E-state index < -0.39 is 9.84 Å². The molecule has 1 atom stereocenters. The molecule has 1 aromatic heterocycles. The van der Waals surface area contributed by atoms with Crippen LogP contribution in [0.1, 0.15) is 30.3 Å². The highest BCUT2D eigenvalue weighted by molar-refractivity contribution is 7.91. The van der Waals surface area contributed by atoms with Gasteiger partial charge < -0.3 is 5.73 Å². The molecule has 2 N–H and O–H groups in total. The lowest BCUT2D eigenvalue weighted by Gasteiger charge is -2.21. The van der Waals surface area contributed by atoms with Gasteiger partial charge in [0, 0.05) is 17.8 Å². The number of hydrogen-bond donors (Lipinski definition) is 1. The van der Waals surface area contributed by atoms with Crippen molar-refractivity contribution in [1.82, 2.24) is 9.97 Å². The zero-order valence-electron chi connectivity index (χ0n) is 8.96. The maximum atomic E-state index is 11.5. The van der Waals surface area contributed by atoms with Gasteiger partial charge in [0.1, 0.15) is 5.82 Å². The predicted octanol–water partition coefficient (Wildman–Crippen LogP) is 0.227. The van der Waals surface area contributed by atoms with Gasteiger partial charge in [0.25, 0.3) is 0 Å². The summed E-state index contributed by atoms with van der Waals surface area (Å²) >= 11 is 0. The van der Waals surface area contributed by atoms with Crippen molar-refractivity contribution in [1.29, 1.82) is 0 Å². The Morgan fingerprint density at radius 3 is 3.00 bits per heavy atom.